The molecule has 0 bridgehead atoms. The van der Waals surface area contributed by atoms with Gasteiger partial charge < -0.3 is 4.74 Å². The second-order valence-electron chi connectivity index (χ2n) is 4.85. The molecular weight excluding hydrogens is 299 g/mol. The molecule has 0 aromatic rings. The second-order valence-corrected chi connectivity index (χ2v) is 5.49. The van der Waals surface area contributed by atoms with Crippen LogP contribution in [0.1, 0.15) is 38.5 Å². The quantitative estimate of drug-likeness (QED) is 0.306. The van der Waals surface area contributed by atoms with Crippen LogP contribution in [0.2, 0.25) is 0 Å². The van der Waals surface area contributed by atoms with Gasteiger partial charge >= 0.3 is 5.97 Å². The van der Waals surface area contributed by atoms with Crippen molar-refractivity contribution in [2.45, 2.75) is 44.7 Å². The van der Waals surface area contributed by atoms with Gasteiger partial charge in [0.2, 0.25) is 0 Å². The third kappa shape index (κ3) is 5.09. The molecule has 0 aliphatic heterocycles. The van der Waals surface area contributed by atoms with Crippen molar-refractivity contribution in [1.29, 1.82) is 0 Å². The first kappa shape index (κ1) is 15.7. The highest BCUT2D eigenvalue weighted by atomic mass is 79.9. The number of esters is 1. The van der Waals surface area contributed by atoms with E-state index in [2.05, 4.69) is 32.8 Å². The van der Waals surface area contributed by atoms with Crippen LogP contribution in [0.3, 0.4) is 0 Å². The maximum atomic E-state index is 13.6. The third-order valence-corrected chi connectivity index (χ3v) is 4.47. The van der Waals surface area contributed by atoms with Gasteiger partial charge in [-0.1, -0.05) is 28.1 Å². The number of rotatable bonds is 7. The van der Waals surface area contributed by atoms with Gasteiger partial charge in [0.25, 0.3) is 0 Å². The first-order chi connectivity index (χ1) is 8.69. The summed E-state index contributed by atoms with van der Waals surface area (Å²) in [5.41, 5.74) is 0. The Hall–Kier alpha value is -0.380. The summed E-state index contributed by atoms with van der Waals surface area (Å²) < 4.78 is 18.2. The largest absolute Gasteiger partial charge is 0.469 e. The van der Waals surface area contributed by atoms with Crippen LogP contribution in [0.25, 0.3) is 0 Å². The van der Waals surface area contributed by atoms with Gasteiger partial charge in [-0.05, 0) is 43.9 Å². The molecule has 104 valence electrons. The Balaban J connectivity index is 2.17. The predicted molar refractivity (Wildman–Crippen MR) is 74.5 cm³/mol. The van der Waals surface area contributed by atoms with Crippen molar-refractivity contribution < 1.29 is 13.9 Å². The minimum Gasteiger partial charge on any atom is -0.469 e. The lowest BCUT2D eigenvalue weighted by Crippen LogP contribution is -2.16. The van der Waals surface area contributed by atoms with Crippen LogP contribution in [0.15, 0.2) is 12.2 Å². The number of ether oxygens (including phenoxy) is 1. The zero-order valence-electron chi connectivity index (χ0n) is 10.9. The summed E-state index contributed by atoms with van der Waals surface area (Å²) in [5.74, 6) is 0.475. The van der Waals surface area contributed by atoms with Crippen molar-refractivity contribution in [3.05, 3.63) is 12.2 Å². The van der Waals surface area contributed by atoms with Gasteiger partial charge in [0.1, 0.15) is 6.17 Å². The molecule has 0 heterocycles. The van der Waals surface area contributed by atoms with E-state index in [0.29, 0.717) is 18.8 Å². The van der Waals surface area contributed by atoms with Gasteiger partial charge in [0, 0.05) is 11.8 Å². The fourth-order valence-electron chi connectivity index (χ4n) is 2.47. The van der Waals surface area contributed by atoms with Gasteiger partial charge in [0.15, 0.2) is 0 Å². The SMILES string of the molecule is COC(=O)CCC/C=C\C[C@@H]1[C@@H](CBr)CC[C@H]1F. The number of hydrogen-bond donors (Lipinski definition) is 0. The minimum atomic E-state index is -0.646. The molecule has 0 N–H and O–H groups in total. The summed E-state index contributed by atoms with van der Waals surface area (Å²) in [6.45, 7) is 0. The topological polar surface area (TPSA) is 26.3 Å². The highest BCUT2D eigenvalue weighted by molar-refractivity contribution is 9.09. The number of methoxy groups -OCH3 is 1. The van der Waals surface area contributed by atoms with E-state index in [0.717, 1.165) is 31.0 Å². The Morgan fingerprint density at radius 3 is 2.89 bits per heavy atom. The second kappa shape index (κ2) is 8.68. The van der Waals surface area contributed by atoms with E-state index >= 15 is 0 Å². The Morgan fingerprint density at radius 2 is 2.22 bits per heavy atom. The average Bonchev–Trinajstić information content (AvgIpc) is 2.74. The fraction of sp³-hybridized carbons (Fsp3) is 0.786. The average molecular weight is 321 g/mol. The van der Waals surface area contributed by atoms with Gasteiger partial charge in [0.05, 0.1) is 7.11 Å². The molecule has 2 nitrogen and oxygen atoms in total. The van der Waals surface area contributed by atoms with Crippen LogP contribution in [-0.2, 0) is 9.53 Å². The summed E-state index contributed by atoms with van der Waals surface area (Å²) in [6, 6.07) is 0. The number of halogens is 2. The number of carbonyl (C=O) groups is 1. The van der Waals surface area contributed by atoms with Crippen LogP contribution < -0.4 is 0 Å². The molecule has 0 amide bonds. The Labute approximate surface area is 117 Å². The van der Waals surface area contributed by atoms with Crippen molar-refractivity contribution in [3.63, 3.8) is 0 Å². The molecule has 3 atom stereocenters. The fourth-order valence-corrected chi connectivity index (χ4v) is 3.27. The minimum absolute atomic E-state index is 0.164. The first-order valence-electron chi connectivity index (χ1n) is 6.61. The van der Waals surface area contributed by atoms with E-state index < -0.39 is 6.17 Å². The van der Waals surface area contributed by atoms with Crippen molar-refractivity contribution >= 4 is 21.9 Å². The molecule has 0 saturated heterocycles. The normalized spacial score (nSPS) is 27.8. The van der Waals surface area contributed by atoms with Crippen molar-refractivity contribution in [2.24, 2.45) is 11.8 Å². The molecule has 0 aromatic heterocycles. The third-order valence-electron chi connectivity index (χ3n) is 3.64. The van der Waals surface area contributed by atoms with E-state index in [-0.39, 0.29) is 11.9 Å². The van der Waals surface area contributed by atoms with Crippen LogP contribution >= 0.6 is 15.9 Å². The summed E-state index contributed by atoms with van der Waals surface area (Å²) in [5, 5.41) is 0.897. The highest BCUT2D eigenvalue weighted by Gasteiger charge is 2.34. The first-order valence-corrected chi connectivity index (χ1v) is 7.73. The monoisotopic (exact) mass is 320 g/mol. The van der Waals surface area contributed by atoms with Crippen LogP contribution in [0.4, 0.5) is 4.39 Å². The molecule has 1 rings (SSSR count). The van der Waals surface area contributed by atoms with E-state index in [1.165, 1.54) is 7.11 Å². The standard InChI is InChI=1S/C14H22BrFO2/c1-18-14(17)7-5-3-2-4-6-12-11(10-15)8-9-13(12)16/h2,4,11-13H,3,5-10H2,1H3/b4-2-/t11-,12-,13-/m1/s1. The highest BCUT2D eigenvalue weighted by Crippen LogP contribution is 2.37. The molecule has 0 unspecified atom stereocenters. The maximum Gasteiger partial charge on any atom is 0.305 e. The molecule has 1 saturated carbocycles. The number of alkyl halides is 2. The number of carbonyl (C=O) groups excluding carboxylic acids is 1. The van der Waals surface area contributed by atoms with E-state index in [4.69, 9.17) is 0 Å². The van der Waals surface area contributed by atoms with Crippen LogP contribution in [-0.4, -0.2) is 24.6 Å². The maximum absolute atomic E-state index is 13.6. The lowest BCUT2D eigenvalue weighted by molar-refractivity contribution is -0.140. The van der Waals surface area contributed by atoms with Gasteiger partial charge in [-0.3, -0.25) is 4.79 Å². The molecule has 1 aliphatic rings. The van der Waals surface area contributed by atoms with E-state index in [1.54, 1.807) is 0 Å². The Kier molecular flexibility index (Phi) is 7.56. The van der Waals surface area contributed by atoms with Gasteiger partial charge in [-0.25, -0.2) is 4.39 Å². The molecule has 0 radical (unpaired) electrons. The van der Waals surface area contributed by atoms with Crippen LogP contribution in [0, 0.1) is 11.8 Å². The Bertz CT molecular complexity index is 281. The lowest BCUT2D eigenvalue weighted by Gasteiger charge is -2.17. The molecule has 18 heavy (non-hydrogen) atoms. The van der Waals surface area contributed by atoms with Crippen molar-refractivity contribution in [2.75, 3.05) is 12.4 Å². The van der Waals surface area contributed by atoms with E-state index in [1.807, 2.05) is 0 Å². The summed E-state index contributed by atoms with van der Waals surface area (Å²) >= 11 is 3.46. The smallest absolute Gasteiger partial charge is 0.305 e. The molecule has 0 aromatic carbocycles. The van der Waals surface area contributed by atoms with Crippen molar-refractivity contribution in [1.82, 2.24) is 0 Å². The number of allylic oxidation sites excluding steroid dienone is 2. The van der Waals surface area contributed by atoms with E-state index in [9.17, 15) is 9.18 Å². The molecule has 4 heteroatoms. The molecule has 0 spiro atoms. The van der Waals surface area contributed by atoms with Gasteiger partial charge in [-0.15, -0.1) is 0 Å². The van der Waals surface area contributed by atoms with Crippen LogP contribution in [0.5, 0.6) is 0 Å². The zero-order chi connectivity index (χ0) is 13.4. The predicted octanol–water partition coefficient (Wildman–Crippen LogP) is 4.04. The Morgan fingerprint density at radius 1 is 1.44 bits per heavy atom. The summed E-state index contributed by atoms with van der Waals surface area (Å²) in [6.07, 6.45) is 8.11. The van der Waals surface area contributed by atoms with Gasteiger partial charge in [-0.2, -0.15) is 0 Å². The lowest BCUT2D eigenvalue weighted by atomic mass is 9.93. The molecular formula is C14H22BrFO2. The molecule has 1 fully saturated rings. The summed E-state index contributed by atoms with van der Waals surface area (Å²) in [7, 11) is 1.40. The zero-order valence-corrected chi connectivity index (χ0v) is 12.5. The van der Waals surface area contributed by atoms with Crippen molar-refractivity contribution in [3.8, 4) is 0 Å². The summed E-state index contributed by atoms with van der Waals surface area (Å²) in [4.78, 5) is 10.9. The molecule has 1 aliphatic carbocycles. The number of unbranched alkanes of at least 4 members (excludes halogenated alkanes) is 1. The number of hydrogen-bond acceptors (Lipinski definition) is 2.